The summed E-state index contributed by atoms with van der Waals surface area (Å²) in [6.45, 7) is 6.48. The lowest BCUT2D eigenvalue weighted by molar-refractivity contribution is 0.00821. The molecule has 0 N–H and O–H groups in total. The Morgan fingerprint density at radius 1 is 1.33 bits per heavy atom. The highest BCUT2D eigenvalue weighted by Crippen LogP contribution is 2.22. The first kappa shape index (κ1) is 12.5. The Morgan fingerprint density at radius 2 is 2.22 bits per heavy atom. The quantitative estimate of drug-likeness (QED) is 0.836. The number of likely N-dealkylation sites (tertiary alicyclic amines) is 1. The lowest BCUT2D eigenvalue weighted by Gasteiger charge is -2.41. The van der Waals surface area contributed by atoms with Crippen LogP contribution < -0.4 is 0 Å². The molecule has 0 radical (unpaired) electrons. The number of aromatic nitrogens is 2. The highest BCUT2D eigenvalue weighted by molar-refractivity contribution is 6.30. The van der Waals surface area contributed by atoms with E-state index in [0.717, 1.165) is 36.6 Å². The second kappa shape index (κ2) is 5.59. The monoisotopic (exact) mass is 269 g/mol. The van der Waals surface area contributed by atoms with Crippen LogP contribution in [-0.4, -0.2) is 47.5 Å². The molecule has 3 heterocycles. The topological polar surface area (TPSA) is 30.3 Å². The number of hydrogen-bond acceptors (Lipinski definition) is 3. The van der Waals surface area contributed by atoms with Gasteiger partial charge in [-0.3, -0.25) is 4.68 Å². The van der Waals surface area contributed by atoms with Crippen LogP contribution in [0, 0.1) is 11.8 Å². The third-order valence-corrected chi connectivity index (χ3v) is 4.05. The zero-order chi connectivity index (χ0) is 12.4. The largest absolute Gasteiger partial charge is 0.381 e. The highest BCUT2D eigenvalue weighted by Gasteiger charge is 2.29. The van der Waals surface area contributed by atoms with E-state index in [1.54, 1.807) is 6.20 Å². The molecule has 5 heteroatoms. The second-order valence-electron chi connectivity index (χ2n) is 5.55. The highest BCUT2D eigenvalue weighted by atomic mass is 35.5. The molecule has 1 atom stereocenters. The number of halogens is 1. The summed E-state index contributed by atoms with van der Waals surface area (Å²) in [6, 6.07) is 0. The first-order valence-corrected chi connectivity index (χ1v) is 7.15. The summed E-state index contributed by atoms with van der Waals surface area (Å²) in [5, 5.41) is 4.95. The van der Waals surface area contributed by atoms with Crippen LogP contribution in [-0.2, 0) is 11.3 Å². The lowest BCUT2D eigenvalue weighted by atomic mass is 9.95. The minimum Gasteiger partial charge on any atom is -0.381 e. The molecule has 4 nitrogen and oxygen atoms in total. The summed E-state index contributed by atoms with van der Waals surface area (Å²) in [7, 11) is 0. The predicted octanol–water partition coefficient (Wildman–Crippen LogP) is 1.89. The molecule has 0 saturated carbocycles. The summed E-state index contributed by atoms with van der Waals surface area (Å²) in [6.07, 6.45) is 6.17. The van der Waals surface area contributed by atoms with Crippen LogP contribution in [0.25, 0.3) is 0 Å². The standard InChI is InChI=1S/C13H20ClN3O/c14-13-4-15-17(9-13)8-12-6-16(7-12)5-11-2-1-3-18-10-11/h4,9,11-12H,1-3,5-8,10H2. The van der Waals surface area contributed by atoms with E-state index in [0.29, 0.717) is 0 Å². The molecule has 0 aromatic carbocycles. The molecule has 1 unspecified atom stereocenters. The Kier molecular flexibility index (Phi) is 3.87. The molecule has 1 aromatic rings. The van der Waals surface area contributed by atoms with E-state index < -0.39 is 0 Å². The van der Waals surface area contributed by atoms with Gasteiger partial charge in [-0.15, -0.1) is 0 Å². The van der Waals surface area contributed by atoms with Gasteiger partial charge in [-0.05, 0) is 18.8 Å². The number of ether oxygens (including phenoxy) is 1. The van der Waals surface area contributed by atoms with Crippen molar-refractivity contribution in [3.05, 3.63) is 17.4 Å². The normalized spacial score (nSPS) is 26.2. The van der Waals surface area contributed by atoms with E-state index >= 15 is 0 Å². The molecule has 2 fully saturated rings. The average Bonchev–Trinajstić information content (AvgIpc) is 2.73. The van der Waals surface area contributed by atoms with Crippen molar-refractivity contribution in [1.29, 1.82) is 0 Å². The first-order valence-electron chi connectivity index (χ1n) is 6.77. The molecule has 100 valence electrons. The van der Waals surface area contributed by atoms with Gasteiger partial charge < -0.3 is 9.64 Å². The van der Waals surface area contributed by atoms with E-state index in [-0.39, 0.29) is 0 Å². The van der Waals surface area contributed by atoms with E-state index in [2.05, 4.69) is 10.00 Å². The Morgan fingerprint density at radius 3 is 2.89 bits per heavy atom. The van der Waals surface area contributed by atoms with Crippen molar-refractivity contribution in [1.82, 2.24) is 14.7 Å². The molecule has 3 rings (SSSR count). The molecule has 1 aromatic heterocycles. The van der Waals surface area contributed by atoms with E-state index in [1.807, 2.05) is 10.9 Å². The summed E-state index contributed by atoms with van der Waals surface area (Å²) in [5.41, 5.74) is 0. The number of nitrogens with zero attached hydrogens (tertiary/aromatic N) is 3. The smallest absolute Gasteiger partial charge is 0.0785 e. The third-order valence-electron chi connectivity index (χ3n) is 3.85. The van der Waals surface area contributed by atoms with Crippen LogP contribution in [0.1, 0.15) is 12.8 Å². The van der Waals surface area contributed by atoms with Gasteiger partial charge in [0.25, 0.3) is 0 Å². The van der Waals surface area contributed by atoms with Crippen molar-refractivity contribution in [2.24, 2.45) is 11.8 Å². The minimum atomic E-state index is 0.727. The zero-order valence-electron chi connectivity index (χ0n) is 10.6. The van der Waals surface area contributed by atoms with E-state index in [1.165, 1.54) is 32.5 Å². The Balaban J connectivity index is 1.37. The van der Waals surface area contributed by atoms with E-state index in [9.17, 15) is 0 Å². The Bertz CT molecular complexity index is 383. The fourth-order valence-corrected chi connectivity index (χ4v) is 3.12. The van der Waals surface area contributed by atoms with Crippen LogP contribution in [0.4, 0.5) is 0 Å². The maximum absolute atomic E-state index is 5.85. The predicted molar refractivity (Wildman–Crippen MR) is 70.7 cm³/mol. The van der Waals surface area contributed by atoms with Gasteiger partial charge in [-0.2, -0.15) is 5.10 Å². The lowest BCUT2D eigenvalue weighted by Crippen LogP contribution is -2.50. The molecule has 0 amide bonds. The molecule has 2 saturated heterocycles. The van der Waals surface area contributed by atoms with Crippen molar-refractivity contribution >= 4 is 11.6 Å². The molecule has 0 aliphatic carbocycles. The maximum Gasteiger partial charge on any atom is 0.0785 e. The summed E-state index contributed by atoms with van der Waals surface area (Å²) < 4.78 is 7.47. The average molecular weight is 270 g/mol. The van der Waals surface area contributed by atoms with Gasteiger partial charge in [0.2, 0.25) is 0 Å². The van der Waals surface area contributed by atoms with Gasteiger partial charge in [-0.25, -0.2) is 0 Å². The molecule has 0 spiro atoms. The van der Waals surface area contributed by atoms with Gasteiger partial charge in [0.05, 0.1) is 17.8 Å². The van der Waals surface area contributed by atoms with Gasteiger partial charge in [0.1, 0.15) is 0 Å². The SMILES string of the molecule is Clc1cnn(CC2CN(CC3CCCOC3)C2)c1. The maximum atomic E-state index is 5.85. The Hall–Kier alpha value is -0.580. The Labute approximate surface area is 113 Å². The summed E-state index contributed by atoms with van der Waals surface area (Å²) in [4.78, 5) is 2.54. The molecule has 18 heavy (non-hydrogen) atoms. The summed E-state index contributed by atoms with van der Waals surface area (Å²) in [5.74, 6) is 1.48. The van der Waals surface area contributed by atoms with Crippen molar-refractivity contribution in [2.75, 3.05) is 32.8 Å². The van der Waals surface area contributed by atoms with E-state index in [4.69, 9.17) is 16.3 Å². The molecular weight excluding hydrogens is 250 g/mol. The van der Waals surface area contributed by atoms with Gasteiger partial charge in [-0.1, -0.05) is 11.6 Å². The van der Waals surface area contributed by atoms with Crippen LogP contribution in [0.5, 0.6) is 0 Å². The van der Waals surface area contributed by atoms with Gasteiger partial charge in [0, 0.05) is 44.9 Å². The molecular formula is C13H20ClN3O. The second-order valence-corrected chi connectivity index (χ2v) is 5.98. The van der Waals surface area contributed by atoms with Crippen molar-refractivity contribution < 1.29 is 4.74 Å². The first-order chi connectivity index (χ1) is 8.79. The van der Waals surface area contributed by atoms with Crippen LogP contribution in [0.2, 0.25) is 5.02 Å². The molecule has 2 aliphatic heterocycles. The fraction of sp³-hybridized carbons (Fsp3) is 0.769. The van der Waals surface area contributed by atoms with Crippen molar-refractivity contribution in [3.8, 4) is 0 Å². The zero-order valence-corrected chi connectivity index (χ0v) is 11.4. The molecule has 0 bridgehead atoms. The van der Waals surface area contributed by atoms with Crippen LogP contribution in [0.3, 0.4) is 0 Å². The van der Waals surface area contributed by atoms with Crippen LogP contribution in [0.15, 0.2) is 12.4 Å². The van der Waals surface area contributed by atoms with Gasteiger partial charge in [0.15, 0.2) is 0 Å². The summed E-state index contributed by atoms with van der Waals surface area (Å²) >= 11 is 5.85. The van der Waals surface area contributed by atoms with Crippen molar-refractivity contribution in [2.45, 2.75) is 19.4 Å². The van der Waals surface area contributed by atoms with Crippen molar-refractivity contribution in [3.63, 3.8) is 0 Å². The fourth-order valence-electron chi connectivity index (χ4n) is 2.96. The van der Waals surface area contributed by atoms with Crippen LogP contribution >= 0.6 is 11.6 Å². The number of hydrogen-bond donors (Lipinski definition) is 0. The molecule has 2 aliphatic rings. The minimum absolute atomic E-state index is 0.727. The van der Waals surface area contributed by atoms with Gasteiger partial charge >= 0.3 is 0 Å². The number of rotatable bonds is 4. The third kappa shape index (κ3) is 3.05.